The second-order valence-electron chi connectivity index (χ2n) is 2.56. The molecule has 0 saturated heterocycles. The fourth-order valence-corrected chi connectivity index (χ4v) is 0.763. The zero-order valence-electron chi connectivity index (χ0n) is 7.73. The summed E-state index contributed by atoms with van der Waals surface area (Å²) >= 11 is 0. The molecule has 3 nitrogen and oxygen atoms in total. The summed E-state index contributed by atoms with van der Waals surface area (Å²) in [6, 6.07) is 0. The highest BCUT2D eigenvalue weighted by atomic mass is 16.5. The molecule has 0 radical (unpaired) electrons. The summed E-state index contributed by atoms with van der Waals surface area (Å²) in [5, 5.41) is 10.9. The molecule has 12 heavy (non-hydrogen) atoms. The Bertz CT molecular complexity index is 143. The molecule has 3 heteroatoms. The average Bonchev–Trinajstić information content (AvgIpc) is 2.06. The Morgan fingerprint density at radius 3 is 2.83 bits per heavy atom. The molecule has 0 aromatic heterocycles. The minimum absolute atomic E-state index is 0.186. The van der Waals surface area contributed by atoms with Gasteiger partial charge in [0.2, 0.25) is 0 Å². The normalized spacial score (nSPS) is 14.5. The van der Waals surface area contributed by atoms with E-state index in [1.807, 2.05) is 6.92 Å². The zero-order chi connectivity index (χ0) is 9.23. The molecule has 0 rings (SSSR count). The predicted octanol–water partition coefficient (Wildman–Crippen LogP) is 2.21. The van der Waals surface area contributed by atoms with Gasteiger partial charge in [-0.1, -0.05) is 24.2 Å². The van der Waals surface area contributed by atoms with Crippen molar-refractivity contribution in [2.75, 3.05) is 6.61 Å². The molecule has 0 aliphatic heterocycles. The average molecular weight is 171 g/mol. The van der Waals surface area contributed by atoms with Crippen LogP contribution in [0.4, 0.5) is 0 Å². The van der Waals surface area contributed by atoms with Gasteiger partial charge in [-0.05, 0) is 19.8 Å². The van der Waals surface area contributed by atoms with Gasteiger partial charge in [0, 0.05) is 0 Å². The number of oxime groups is 1. The van der Waals surface area contributed by atoms with Crippen molar-refractivity contribution in [2.24, 2.45) is 5.16 Å². The van der Waals surface area contributed by atoms with Crippen LogP contribution in [0.2, 0.25) is 0 Å². The summed E-state index contributed by atoms with van der Waals surface area (Å²) in [7, 11) is 0. The van der Waals surface area contributed by atoms with Gasteiger partial charge < -0.3 is 9.94 Å². The molecule has 0 spiro atoms. The Labute approximate surface area is 73.7 Å². The summed E-state index contributed by atoms with van der Waals surface area (Å²) in [6.45, 7) is 4.46. The van der Waals surface area contributed by atoms with E-state index in [0.717, 1.165) is 12.8 Å². The summed E-state index contributed by atoms with van der Waals surface area (Å²) in [6.07, 6.45) is 7.70. The summed E-state index contributed by atoms with van der Waals surface area (Å²) < 4.78 is 5.27. The molecule has 0 aromatic rings. The van der Waals surface area contributed by atoms with Gasteiger partial charge in [-0.25, -0.2) is 0 Å². The first-order chi connectivity index (χ1) is 5.81. The maximum Gasteiger partial charge on any atom is 0.0855 e. The lowest BCUT2D eigenvalue weighted by atomic mass is 10.2. The number of rotatable bonds is 6. The molecule has 0 amide bonds. The molecule has 1 atom stereocenters. The first-order valence-corrected chi connectivity index (χ1v) is 4.23. The minimum atomic E-state index is 0.186. The Kier molecular flexibility index (Phi) is 7.70. The first-order valence-electron chi connectivity index (χ1n) is 4.23. The van der Waals surface area contributed by atoms with Crippen LogP contribution in [0.5, 0.6) is 0 Å². The zero-order valence-corrected chi connectivity index (χ0v) is 7.73. The highest BCUT2D eigenvalue weighted by molar-refractivity contribution is 5.57. The standard InChI is InChI=1S/C9H17NO2/c1-3-4-5-6-9(2)12-8-7-10-11/h4-5,7,9,11H,3,6,8H2,1-2H3/b5-4-,10-7+/t9-/m0/s1. The van der Waals surface area contributed by atoms with Crippen LogP contribution in [0, 0.1) is 0 Å². The highest BCUT2D eigenvalue weighted by Gasteiger charge is 1.96. The molecule has 0 fully saturated rings. The number of ether oxygens (including phenoxy) is 1. The van der Waals surface area contributed by atoms with E-state index in [2.05, 4.69) is 24.2 Å². The molecule has 0 unspecified atom stereocenters. The first kappa shape index (κ1) is 11.2. The lowest BCUT2D eigenvalue weighted by Crippen LogP contribution is -2.08. The van der Waals surface area contributed by atoms with E-state index in [0.29, 0.717) is 6.61 Å². The van der Waals surface area contributed by atoms with Crippen molar-refractivity contribution in [2.45, 2.75) is 32.8 Å². The van der Waals surface area contributed by atoms with E-state index in [9.17, 15) is 0 Å². The van der Waals surface area contributed by atoms with Gasteiger partial charge in [-0.15, -0.1) is 0 Å². The van der Waals surface area contributed by atoms with Crippen molar-refractivity contribution in [1.82, 2.24) is 0 Å². The number of nitrogens with zero attached hydrogens (tertiary/aromatic N) is 1. The molecule has 0 aliphatic rings. The van der Waals surface area contributed by atoms with E-state index in [1.165, 1.54) is 6.21 Å². The van der Waals surface area contributed by atoms with E-state index >= 15 is 0 Å². The van der Waals surface area contributed by atoms with Crippen LogP contribution in [-0.4, -0.2) is 24.1 Å². The van der Waals surface area contributed by atoms with Gasteiger partial charge >= 0.3 is 0 Å². The Hall–Kier alpha value is -0.830. The maximum atomic E-state index is 8.07. The second kappa shape index (κ2) is 8.27. The van der Waals surface area contributed by atoms with Crippen LogP contribution in [0.3, 0.4) is 0 Å². The predicted molar refractivity (Wildman–Crippen MR) is 49.7 cm³/mol. The summed E-state index contributed by atoms with van der Waals surface area (Å²) in [5.74, 6) is 0. The van der Waals surface area contributed by atoms with Gasteiger partial charge in [0.1, 0.15) is 0 Å². The second-order valence-corrected chi connectivity index (χ2v) is 2.56. The quantitative estimate of drug-likeness (QED) is 0.288. The van der Waals surface area contributed by atoms with Crippen LogP contribution in [0.1, 0.15) is 26.7 Å². The minimum Gasteiger partial charge on any atom is -0.411 e. The van der Waals surface area contributed by atoms with Crippen molar-refractivity contribution in [3.63, 3.8) is 0 Å². The van der Waals surface area contributed by atoms with Gasteiger partial charge in [0.05, 0.1) is 18.9 Å². The third-order valence-corrected chi connectivity index (χ3v) is 1.41. The fraction of sp³-hybridized carbons (Fsp3) is 0.667. The van der Waals surface area contributed by atoms with Gasteiger partial charge in [-0.2, -0.15) is 0 Å². The summed E-state index contributed by atoms with van der Waals surface area (Å²) in [4.78, 5) is 0. The van der Waals surface area contributed by atoms with Gasteiger partial charge in [-0.3, -0.25) is 0 Å². The van der Waals surface area contributed by atoms with Crippen LogP contribution in [0.15, 0.2) is 17.3 Å². The van der Waals surface area contributed by atoms with E-state index in [-0.39, 0.29) is 6.10 Å². The largest absolute Gasteiger partial charge is 0.411 e. The smallest absolute Gasteiger partial charge is 0.0855 e. The molecule has 0 aromatic carbocycles. The van der Waals surface area contributed by atoms with Crippen molar-refractivity contribution < 1.29 is 9.94 Å². The van der Waals surface area contributed by atoms with E-state index in [1.54, 1.807) is 0 Å². The monoisotopic (exact) mass is 171 g/mol. The number of hydrogen-bond donors (Lipinski definition) is 1. The Balaban J connectivity index is 3.32. The molecular formula is C9H17NO2. The molecular weight excluding hydrogens is 154 g/mol. The van der Waals surface area contributed by atoms with Crippen molar-refractivity contribution >= 4 is 6.21 Å². The Morgan fingerprint density at radius 2 is 2.25 bits per heavy atom. The molecule has 0 bridgehead atoms. The lowest BCUT2D eigenvalue weighted by molar-refractivity contribution is 0.0990. The van der Waals surface area contributed by atoms with Crippen molar-refractivity contribution in [1.29, 1.82) is 0 Å². The molecule has 0 heterocycles. The number of hydrogen-bond acceptors (Lipinski definition) is 3. The topological polar surface area (TPSA) is 41.8 Å². The third-order valence-electron chi connectivity index (χ3n) is 1.41. The SMILES string of the molecule is CC/C=C\C[C@H](C)OC/C=N/O. The van der Waals surface area contributed by atoms with E-state index < -0.39 is 0 Å². The molecule has 1 N–H and O–H groups in total. The number of allylic oxidation sites excluding steroid dienone is 1. The Morgan fingerprint density at radius 1 is 1.50 bits per heavy atom. The molecule has 70 valence electrons. The van der Waals surface area contributed by atoms with Crippen LogP contribution in [0.25, 0.3) is 0 Å². The van der Waals surface area contributed by atoms with Crippen LogP contribution in [-0.2, 0) is 4.74 Å². The van der Waals surface area contributed by atoms with Crippen molar-refractivity contribution in [3.8, 4) is 0 Å². The fourth-order valence-electron chi connectivity index (χ4n) is 0.763. The van der Waals surface area contributed by atoms with Gasteiger partial charge in [0.25, 0.3) is 0 Å². The third kappa shape index (κ3) is 7.28. The van der Waals surface area contributed by atoms with Crippen LogP contribution >= 0.6 is 0 Å². The van der Waals surface area contributed by atoms with Crippen molar-refractivity contribution in [3.05, 3.63) is 12.2 Å². The van der Waals surface area contributed by atoms with Gasteiger partial charge in [0.15, 0.2) is 0 Å². The molecule has 0 saturated carbocycles. The summed E-state index contributed by atoms with van der Waals surface area (Å²) in [5.41, 5.74) is 0. The highest BCUT2D eigenvalue weighted by Crippen LogP contribution is 1.98. The van der Waals surface area contributed by atoms with Crippen LogP contribution < -0.4 is 0 Å². The van der Waals surface area contributed by atoms with E-state index in [4.69, 9.17) is 9.94 Å². The lowest BCUT2D eigenvalue weighted by Gasteiger charge is -2.07. The maximum absolute atomic E-state index is 8.07. The molecule has 0 aliphatic carbocycles.